The molecule has 2 aromatic rings. The molecule has 0 aliphatic heterocycles. The number of anilines is 1. The topological polar surface area (TPSA) is 70.7 Å². The molecule has 0 saturated heterocycles. The maximum atomic E-state index is 10.4. The van der Waals surface area contributed by atoms with E-state index in [0.717, 1.165) is 42.9 Å². The third-order valence-electron chi connectivity index (χ3n) is 3.61. The SMILES string of the molecule is CC(C)(C)C.CCNCc1ccc(OC)cc1NC=O.CCc1cccc(Br)c1.CN(C)C=O. The molecule has 2 rings (SSSR count). The van der Waals surface area contributed by atoms with Crippen LogP contribution < -0.4 is 15.4 Å². The smallest absolute Gasteiger partial charge is 0.211 e. The van der Waals surface area contributed by atoms with Crippen LogP contribution in [0.5, 0.6) is 5.75 Å². The van der Waals surface area contributed by atoms with Gasteiger partial charge in [0.15, 0.2) is 0 Å². The van der Waals surface area contributed by atoms with E-state index < -0.39 is 0 Å². The van der Waals surface area contributed by atoms with E-state index in [2.05, 4.69) is 79.4 Å². The van der Waals surface area contributed by atoms with Crippen molar-refractivity contribution in [3.05, 3.63) is 58.1 Å². The molecule has 7 heteroatoms. The Bertz CT molecular complexity index is 800. The largest absolute Gasteiger partial charge is 0.497 e. The lowest BCUT2D eigenvalue weighted by molar-refractivity contribution is -0.115. The number of benzene rings is 2. The number of aryl methyl sites for hydroxylation is 1. The van der Waals surface area contributed by atoms with Gasteiger partial charge >= 0.3 is 0 Å². The first-order valence-electron chi connectivity index (χ1n) is 11.4. The van der Waals surface area contributed by atoms with Crippen molar-refractivity contribution in [2.75, 3.05) is 33.1 Å². The molecule has 2 amide bonds. The van der Waals surface area contributed by atoms with Gasteiger partial charge in [-0.3, -0.25) is 9.59 Å². The van der Waals surface area contributed by atoms with Gasteiger partial charge in [-0.1, -0.05) is 75.7 Å². The Morgan fingerprint density at radius 2 is 1.62 bits per heavy atom. The quantitative estimate of drug-likeness (QED) is 0.396. The van der Waals surface area contributed by atoms with E-state index in [1.54, 1.807) is 27.3 Å². The highest BCUT2D eigenvalue weighted by atomic mass is 79.9. The molecule has 0 fully saturated rings. The average Bonchev–Trinajstić information content (AvgIpc) is 2.78. The normalized spacial score (nSPS) is 9.59. The van der Waals surface area contributed by atoms with Crippen LogP contribution in [-0.2, 0) is 22.6 Å². The first-order valence-corrected chi connectivity index (χ1v) is 12.1. The molecule has 0 unspecified atom stereocenters. The number of ether oxygens (including phenoxy) is 1. The van der Waals surface area contributed by atoms with Gasteiger partial charge in [0, 0.05) is 36.9 Å². The van der Waals surface area contributed by atoms with Crippen LogP contribution in [-0.4, -0.2) is 45.5 Å². The Morgan fingerprint density at radius 1 is 1.03 bits per heavy atom. The fourth-order valence-corrected chi connectivity index (χ4v) is 2.50. The second-order valence-electron chi connectivity index (χ2n) is 9.12. The molecular formula is C27H44BrN3O3. The fraction of sp³-hybridized carbons (Fsp3) is 0.481. The minimum atomic E-state index is 0.500. The number of methoxy groups -OCH3 is 1. The summed E-state index contributed by atoms with van der Waals surface area (Å²) in [6, 6.07) is 14.0. The molecule has 192 valence electrons. The minimum Gasteiger partial charge on any atom is -0.497 e. The van der Waals surface area contributed by atoms with Crippen LogP contribution in [0.15, 0.2) is 46.9 Å². The Balaban J connectivity index is 0. The van der Waals surface area contributed by atoms with Crippen molar-refractivity contribution >= 4 is 34.4 Å². The van der Waals surface area contributed by atoms with Crippen LogP contribution in [0.1, 0.15) is 52.7 Å². The summed E-state index contributed by atoms with van der Waals surface area (Å²) in [6.45, 7) is 14.6. The van der Waals surface area contributed by atoms with Gasteiger partial charge in [0.1, 0.15) is 5.75 Å². The fourth-order valence-electron chi connectivity index (χ4n) is 2.05. The molecule has 6 nitrogen and oxygen atoms in total. The van der Waals surface area contributed by atoms with Crippen LogP contribution in [0.4, 0.5) is 5.69 Å². The van der Waals surface area contributed by atoms with Crippen LogP contribution in [0.25, 0.3) is 0 Å². The summed E-state index contributed by atoms with van der Waals surface area (Å²) >= 11 is 3.40. The molecule has 2 aromatic carbocycles. The van der Waals surface area contributed by atoms with E-state index in [0.29, 0.717) is 11.8 Å². The molecule has 0 saturated carbocycles. The number of hydrogen-bond donors (Lipinski definition) is 2. The van der Waals surface area contributed by atoms with Crippen molar-refractivity contribution in [2.24, 2.45) is 5.41 Å². The number of nitrogens with one attached hydrogen (secondary N) is 2. The third kappa shape index (κ3) is 21.5. The third-order valence-corrected chi connectivity index (χ3v) is 4.10. The molecule has 0 aromatic heterocycles. The van der Waals surface area contributed by atoms with Gasteiger partial charge in [-0.2, -0.15) is 0 Å². The highest BCUT2D eigenvalue weighted by molar-refractivity contribution is 9.10. The Morgan fingerprint density at radius 3 is 2.00 bits per heavy atom. The van der Waals surface area contributed by atoms with Crippen LogP contribution in [0, 0.1) is 5.41 Å². The van der Waals surface area contributed by atoms with Crippen molar-refractivity contribution in [2.45, 2.75) is 54.5 Å². The number of carbonyl (C=O) groups excluding carboxylic acids is 2. The summed E-state index contributed by atoms with van der Waals surface area (Å²) in [5, 5.41) is 5.86. The molecule has 0 radical (unpaired) electrons. The van der Waals surface area contributed by atoms with Gasteiger partial charge in [0.25, 0.3) is 0 Å². The summed E-state index contributed by atoms with van der Waals surface area (Å²) in [5.41, 5.74) is 3.71. The Hall–Kier alpha value is -2.38. The summed E-state index contributed by atoms with van der Waals surface area (Å²) in [6.07, 6.45) is 2.53. The predicted octanol–water partition coefficient (Wildman–Crippen LogP) is 6.14. The van der Waals surface area contributed by atoms with Gasteiger partial charge in [0.05, 0.1) is 7.11 Å². The first kappa shape index (κ1) is 33.8. The van der Waals surface area contributed by atoms with Crippen LogP contribution >= 0.6 is 15.9 Å². The summed E-state index contributed by atoms with van der Waals surface area (Å²) in [7, 11) is 4.98. The second kappa shape index (κ2) is 20.0. The van der Waals surface area contributed by atoms with Crippen molar-refractivity contribution in [3.8, 4) is 5.75 Å². The highest BCUT2D eigenvalue weighted by Gasteiger charge is 2.03. The maximum Gasteiger partial charge on any atom is 0.211 e. The zero-order valence-corrected chi connectivity index (χ0v) is 24.0. The number of nitrogens with zero attached hydrogens (tertiary/aromatic N) is 1. The van der Waals surface area contributed by atoms with Gasteiger partial charge in [-0.25, -0.2) is 0 Å². The van der Waals surface area contributed by atoms with Crippen molar-refractivity contribution in [1.29, 1.82) is 0 Å². The van der Waals surface area contributed by atoms with Crippen molar-refractivity contribution in [3.63, 3.8) is 0 Å². The lowest BCUT2D eigenvalue weighted by Crippen LogP contribution is -2.13. The molecule has 0 aliphatic rings. The van der Waals surface area contributed by atoms with Crippen molar-refractivity contribution < 1.29 is 14.3 Å². The van der Waals surface area contributed by atoms with E-state index in [-0.39, 0.29) is 0 Å². The molecule has 34 heavy (non-hydrogen) atoms. The predicted molar refractivity (Wildman–Crippen MR) is 148 cm³/mol. The van der Waals surface area contributed by atoms with Gasteiger partial charge in [0.2, 0.25) is 12.8 Å². The minimum absolute atomic E-state index is 0.500. The molecule has 0 spiro atoms. The van der Waals surface area contributed by atoms with E-state index in [1.807, 2.05) is 25.1 Å². The Kier molecular flexibility index (Phi) is 19.9. The summed E-state index contributed by atoms with van der Waals surface area (Å²) in [5.74, 6) is 0.736. The van der Waals surface area contributed by atoms with Crippen LogP contribution in [0.2, 0.25) is 0 Å². The van der Waals surface area contributed by atoms with E-state index in [9.17, 15) is 9.59 Å². The molecule has 0 heterocycles. The van der Waals surface area contributed by atoms with E-state index in [1.165, 1.54) is 14.9 Å². The zero-order chi connectivity index (χ0) is 26.6. The first-order chi connectivity index (χ1) is 15.9. The van der Waals surface area contributed by atoms with Gasteiger partial charge < -0.3 is 20.3 Å². The molecule has 0 aliphatic carbocycles. The van der Waals surface area contributed by atoms with Gasteiger partial charge in [-0.15, -0.1) is 0 Å². The number of halogens is 1. The monoisotopic (exact) mass is 537 g/mol. The molecule has 0 bridgehead atoms. The molecular weight excluding hydrogens is 494 g/mol. The summed E-state index contributed by atoms with van der Waals surface area (Å²) in [4.78, 5) is 21.3. The zero-order valence-electron chi connectivity index (χ0n) is 22.4. The van der Waals surface area contributed by atoms with Gasteiger partial charge in [-0.05, 0) is 47.7 Å². The second-order valence-corrected chi connectivity index (χ2v) is 10.0. The van der Waals surface area contributed by atoms with E-state index >= 15 is 0 Å². The van der Waals surface area contributed by atoms with E-state index in [4.69, 9.17) is 4.74 Å². The maximum absolute atomic E-state index is 10.4. The van der Waals surface area contributed by atoms with Crippen molar-refractivity contribution in [1.82, 2.24) is 10.2 Å². The highest BCUT2D eigenvalue weighted by Crippen LogP contribution is 2.21. The Labute approximate surface area is 215 Å². The number of carbonyl (C=O) groups is 2. The summed E-state index contributed by atoms with van der Waals surface area (Å²) < 4.78 is 6.25. The molecule has 0 atom stereocenters. The lowest BCUT2D eigenvalue weighted by atomic mass is 10.0. The lowest BCUT2D eigenvalue weighted by Gasteiger charge is -2.10. The molecule has 2 N–H and O–H groups in total. The van der Waals surface area contributed by atoms with Crippen LogP contribution in [0.3, 0.4) is 0 Å². The number of rotatable bonds is 8. The average molecular weight is 539 g/mol. The number of amides is 2. The standard InChI is InChI=1S/C11H16N2O2.C8H9Br.C5H12.C3H7NO/c1-3-12-7-9-4-5-10(15-2)6-11(9)13-8-14;1-2-7-4-3-5-8(9)6-7;1-5(2,3)4;1-4(2)3-5/h4-6,8,12H,3,7H2,1-2H3,(H,13,14);3-6H,2H2,1H3;1-4H3;3H,1-2H3. The number of hydrogen-bond acceptors (Lipinski definition) is 4.